The molecule has 0 saturated carbocycles. The van der Waals surface area contributed by atoms with Crippen LogP contribution in [0.4, 0.5) is 0 Å². The lowest BCUT2D eigenvalue weighted by molar-refractivity contribution is 0.207. The molecule has 1 aromatic heterocycles. The summed E-state index contributed by atoms with van der Waals surface area (Å²) in [5.74, 6) is 0.959. The minimum atomic E-state index is 0.00570. The first-order valence-corrected chi connectivity index (χ1v) is 10.2. The summed E-state index contributed by atoms with van der Waals surface area (Å²) in [6, 6.07) is 8.40. The number of aliphatic hydroxyl groups is 1. The van der Waals surface area contributed by atoms with Crippen molar-refractivity contribution in [2.45, 2.75) is 44.7 Å². The van der Waals surface area contributed by atoms with Gasteiger partial charge in [-0.25, -0.2) is 4.98 Å². The first-order valence-electron chi connectivity index (χ1n) is 10.2. The van der Waals surface area contributed by atoms with E-state index in [-0.39, 0.29) is 12.6 Å². The molecule has 0 bridgehead atoms. The van der Waals surface area contributed by atoms with Gasteiger partial charge in [-0.05, 0) is 55.4 Å². The van der Waals surface area contributed by atoms with Crippen molar-refractivity contribution in [2.75, 3.05) is 19.7 Å². The molecular formula is C22H29N5O. The fraction of sp³-hybridized carbons (Fsp3) is 0.455. The number of allylic oxidation sites excluding steroid dienone is 1. The fourth-order valence-corrected chi connectivity index (χ4v) is 4.23. The predicted molar refractivity (Wildman–Crippen MR) is 113 cm³/mol. The Labute approximate surface area is 165 Å². The standard InChI is InChI=1S/C22H29N5O/c23-13-16(15-28)10-12-27(14-21-25-18-7-1-2-8-19(18)26-21)20-9-3-5-17-6-4-11-24-22(17)20/h1-2,7-8,10-11,20,28H,3-6,9,12-15,23H2,(H,25,26)/b16-10-. The molecule has 1 aliphatic carbocycles. The molecule has 6 heteroatoms. The van der Waals surface area contributed by atoms with Gasteiger partial charge in [-0.15, -0.1) is 0 Å². The molecule has 0 saturated heterocycles. The highest BCUT2D eigenvalue weighted by atomic mass is 16.3. The van der Waals surface area contributed by atoms with Crippen LogP contribution in [-0.2, 0) is 6.54 Å². The number of imidazole rings is 1. The van der Waals surface area contributed by atoms with Gasteiger partial charge in [-0.1, -0.05) is 18.2 Å². The van der Waals surface area contributed by atoms with Gasteiger partial charge in [0.15, 0.2) is 0 Å². The first-order chi connectivity index (χ1) is 13.8. The number of fused-ring (bicyclic) bond motifs is 1. The molecule has 148 valence electrons. The molecule has 1 aromatic carbocycles. The Morgan fingerprint density at radius 2 is 2.21 bits per heavy atom. The van der Waals surface area contributed by atoms with Crippen LogP contribution in [0, 0.1) is 0 Å². The number of rotatable bonds is 7. The lowest BCUT2D eigenvalue weighted by Crippen LogP contribution is -2.39. The Bertz CT molecular complexity index is 872. The quantitative estimate of drug-likeness (QED) is 0.645. The van der Waals surface area contributed by atoms with Crippen molar-refractivity contribution in [2.24, 2.45) is 10.7 Å². The van der Waals surface area contributed by atoms with Crippen LogP contribution < -0.4 is 5.73 Å². The molecule has 4 N–H and O–H groups in total. The van der Waals surface area contributed by atoms with Crippen LogP contribution in [0.3, 0.4) is 0 Å². The van der Waals surface area contributed by atoms with Crippen molar-refractivity contribution >= 4 is 17.2 Å². The average molecular weight is 380 g/mol. The number of nitrogens with one attached hydrogen (secondary N) is 1. The maximum absolute atomic E-state index is 9.50. The van der Waals surface area contributed by atoms with Gasteiger partial charge in [0.25, 0.3) is 0 Å². The van der Waals surface area contributed by atoms with E-state index in [1.807, 2.05) is 18.2 Å². The molecule has 2 heterocycles. The Morgan fingerprint density at radius 1 is 1.32 bits per heavy atom. The van der Waals surface area contributed by atoms with Gasteiger partial charge in [0.05, 0.1) is 35.9 Å². The van der Waals surface area contributed by atoms with E-state index in [0.29, 0.717) is 13.1 Å². The van der Waals surface area contributed by atoms with Crippen LogP contribution in [0.1, 0.15) is 37.9 Å². The molecule has 2 aliphatic rings. The zero-order valence-corrected chi connectivity index (χ0v) is 16.3. The molecule has 2 aromatic rings. The summed E-state index contributed by atoms with van der Waals surface area (Å²) in [5, 5.41) is 9.50. The maximum Gasteiger partial charge on any atom is 0.121 e. The average Bonchev–Trinajstić information content (AvgIpc) is 3.15. The van der Waals surface area contributed by atoms with Crippen molar-refractivity contribution in [1.82, 2.24) is 14.9 Å². The van der Waals surface area contributed by atoms with Crippen LogP contribution >= 0.6 is 0 Å². The van der Waals surface area contributed by atoms with Crippen LogP contribution in [0.15, 0.2) is 52.2 Å². The first kappa shape index (κ1) is 19.1. The molecular weight excluding hydrogens is 350 g/mol. The Balaban J connectivity index is 1.63. The van der Waals surface area contributed by atoms with Crippen LogP contribution in [0.5, 0.6) is 0 Å². The Hall–Kier alpha value is -2.28. The second-order valence-corrected chi connectivity index (χ2v) is 7.60. The molecule has 0 spiro atoms. The number of hydrogen-bond acceptors (Lipinski definition) is 5. The summed E-state index contributed by atoms with van der Waals surface area (Å²) >= 11 is 0. The van der Waals surface area contributed by atoms with Gasteiger partial charge < -0.3 is 15.8 Å². The second kappa shape index (κ2) is 8.82. The molecule has 1 aliphatic heterocycles. The van der Waals surface area contributed by atoms with Gasteiger partial charge in [0.2, 0.25) is 0 Å². The molecule has 6 nitrogen and oxygen atoms in total. The number of aliphatic hydroxyl groups excluding tert-OH is 1. The Morgan fingerprint density at radius 3 is 3.04 bits per heavy atom. The van der Waals surface area contributed by atoms with E-state index in [0.717, 1.165) is 48.2 Å². The third kappa shape index (κ3) is 4.09. The predicted octanol–water partition coefficient (Wildman–Crippen LogP) is 2.91. The van der Waals surface area contributed by atoms with Crippen LogP contribution in [0.2, 0.25) is 0 Å². The van der Waals surface area contributed by atoms with Gasteiger partial charge in [-0.3, -0.25) is 9.89 Å². The zero-order chi connectivity index (χ0) is 19.3. The number of benzene rings is 1. The molecule has 0 radical (unpaired) electrons. The van der Waals surface area contributed by atoms with E-state index < -0.39 is 0 Å². The van der Waals surface area contributed by atoms with Crippen molar-refractivity contribution in [3.8, 4) is 0 Å². The fourth-order valence-electron chi connectivity index (χ4n) is 4.23. The summed E-state index contributed by atoms with van der Waals surface area (Å²) in [6.45, 7) is 1.82. The van der Waals surface area contributed by atoms with E-state index in [2.05, 4.69) is 28.2 Å². The normalized spacial score (nSPS) is 20.2. The maximum atomic E-state index is 9.50. The SMILES string of the molecule is NC/C(=C/CN(Cc1nc2ccccc2[nH]1)C1CCCC2=C1N=CCC2)CO. The molecule has 4 rings (SSSR count). The van der Waals surface area contributed by atoms with E-state index in [1.165, 1.54) is 24.1 Å². The highest BCUT2D eigenvalue weighted by molar-refractivity contribution is 5.74. The smallest absolute Gasteiger partial charge is 0.121 e. The van der Waals surface area contributed by atoms with Gasteiger partial charge in [-0.2, -0.15) is 0 Å². The van der Waals surface area contributed by atoms with E-state index in [9.17, 15) is 5.11 Å². The zero-order valence-electron chi connectivity index (χ0n) is 16.3. The van der Waals surface area contributed by atoms with E-state index in [1.54, 1.807) is 0 Å². The summed E-state index contributed by atoms with van der Waals surface area (Å²) in [7, 11) is 0. The van der Waals surface area contributed by atoms with E-state index in [4.69, 9.17) is 15.7 Å². The number of nitrogens with two attached hydrogens (primary N) is 1. The number of nitrogens with zero attached hydrogens (tertiary/aromatic N) is 3. The van der Waals surface area contributed by atoms with Gasteiger partial charge in [0, 0.05) is 19.3 Å². The third-order valence-corrected chi connectivity index (χ3v) is 5.75. The van der Waals surface area contributed by atoms with Crippen molar-refractivity contribution < 1.29 is 5.11 Å². The summed E-state index contributed by atoms with van der Waals surface area (Å²) < 4.78 is 0. The minimum Gasteiger partial charge on any atom is -0.392 e. The largest absolute Gasteiger partial charge is 0.392 e. The highest BCUT2D eigenvalue weighted by Gasteiger charge is 2.29. The van der Waals surface area contributed by atoms with Crippen LogP contribution in [-0.4, -0.2) is 51.9 Å². The summed E-state index contributed by atoms with van der Waals surface area (Å²) in [6.07, 6.45) is 9.77. The number of aromatic amines is 1. The highest BCUT2D eigenvalue weighted by Crippen LogP contribution is 2.34. The minimum absolute atomic E-state index is 0.00570. The number of para-hydroxylation sites is 2. The van der Waals surface area contributed by atoms with E-state index >= 15 is 0 Å². The summed E-state index contributed by atoms with van der Waals surface area (Å²) in [4.78, 5) is 15.4. The summed E-state index contributed by atoms with van der Waals surface area (Å²) in [5.41, 5.74) is 11.4. The number of aliphatic imine (C=N–C) groups is 1. The molecule has 28 heavy (non-hydrogen) atoms. The van der Waals surface area contributed by atoms with Gasteiger partial charge in [0.1, 0.15) is 5.82 Å². The molecule has 1 unspecified atom stereocenters. The molecule has 0 amide bonds. The Kier molecular flexibility index (Phi) is 6.00. The van der Waals surface area contributed by atoms with Crippen molar-refractivity contribution in [1.29, 1.82) is 0 Å². The molecule has 1 atom stereocenters. The van der Waals surface area contributed by atoms with Gasteiger partial charge >= 0.3 is 0 Å². The second-order valence-electron chi connectivity index (χ2n) is 7.60. The number of hydrogen-bond donors (Lipinski definition) is 3. The lowest BCUT2D eigenvalue weighted by atomic mass is 9.87. The third-order valence-electron chi connectivity index (χ3n) is 5.75. The van der Waals surface area contributed by atoms with Crippen molar-refractivity contribution in [3.05, 3.63) is 53.0 Å². The van der Waals surface area contributed by atoms with Crippen LogP contribution in [0.25, 0.3) is 11.0 Å². The van der Waals surface area contributed by atoms with Crippen molar-refractivity contribution in [3.63, 3.8) is 0 Å². The monoisotopic (exact) mass is 379 g/mol. The topological polar surface area (TPSA) is 90.5 Å². The number of aromatic nitrogens is 2. The molecule has 0 fully saturated rings. The lowest BCUT2D eigenvalue weighted by Gasteiger charge is -2.36. The number of H-pyrrole nitrogens is 1.